The molecule has 1 aromatic carbocycles. The number of nitrogens with one attached hydrogen (secondary N) is 1. The number of halogens is 5. The fourth-order valence-electron chi connectivity index (χ4n) is 3.13. The molecule has 3 rings (SSSR count). The van der Waals surface area contributed by atoms with Gasteiger partial charge in [0.25, 0.3) is 0 Å². The summed E-state index contributed by atoms with van der Waals surface area (Å²) >= 11 is 8.84. The second-order valence-corrected chi connectivity index (χ2v) is 8.33. The number of nitrogens with zero attached hydrogens (tertiary/aromatic N) is 4. The van der Waals surface area contributed by atoms with Gasteiger partial charge in [-0.1, -0.05) is 23.7 Å². The Hall–Kier alpha value is -2.33. The number of anilines is 1. The summed E-state index contributed by atoms with van der Waals surface area (Å²) in [6.07, 6.45) is -4.60. The first-order valence-corrected chi connectivity index (χ1v) is 10.5. The number of carbonyl (C=O) groups is 1. The minimum atomic E-state index is -4.57. The van der Waals surface area contributed by atoms with Crippen LogP contribution in [0.3, 0.4) is 0 Å². The van der Waals surface area contributed by atoms with E-state index in [0.717, 1.165) is 11.3 Å². The highest BCUT2D eigenvalue weighted by Crippen LogP contribution is 2.35. The predicted octanol–water partition coefficient (Wildman–Crippen LogP) is 5.52. The lowest BCUT2D eigenvalue weighted by atomic mass is 10.2. The predicted molar refractivity (Wildman–Crippen MR) is 115 cm³/mol. The van der Waals surface area contributed by atoms with Crippen molar-refractivity contribution in [3.63, 3.8) is 0 Å². The second kappa shape index (κ2) is 9.04. The Kier molecular flexibility index (Phi) is 6.80. The van der Waals surface area contributed by atoms with Crippen LogP contribution in [0.1, 0.15) is 34.8 Å². The average Bonchev–Trinajstić information content (AvgIpc) is 3.12. The SMILES string of the molecule is Cc1nn(Cc2ccc(Cl)cc2)c(C)c1NC(=O)CCn1nc(C(F)(F)F)c(Br)c1C. The molecule has 0 spiro atoms. The van der Waals surface area contributed by atoms with Crippen molar-refractivity contribution < 1.29 is 18.0 Å². The van der Waals surface area contributed by atoms with Crippen LogP contribution in [0.2, 0.25) is 5.02 Å². The molecule has 0 atom stereocenters. The zero-order chi connectivity index (χ0) is 22.9. The summed E-state index contributed by atoms with van der Waals surface area (Å²) < 4.78 is 41.8. The molecule has 1 amide bonds. The maximum Gasteiger partial charge on any atom is 0.436 e. The van der Waals surface area contributed by atoms with Gasteiger partial charge in [-0.2, -0.15) is 23.4 Å². The van der Waals surface area contributed by atoms with E-state index in [4.69, 9.17) is 11.6 Å². The van der Waals surface area contributed by atoms with Crippen molar-refractivity contribution in [2.45, 2.75) is 46.5 Å². The highest BCUT2D eigenvalue weighted by atomic mass is 79.9. The van der Waals surface area contributed by atoms with Crippen molar-refractivity contribution in [3.05, 3.63) is 62.1 Å². The van der Waals surface area contributed by atoms with Gasteiger partial charge in [0.1, 0.15) is 0 Å². The van der Waals surface area contributed by atoms with Gasteiger partial charge in [0, 0.05) is 11.4 Å². The van der Waals surface area contributed by atoms with Crippen LogP contribution in [0, 0.1) is 20.8 Å². The number of aromatic nitrogens is 4. The Labute approximate surface area is 190 Å². The monoisotopic (exact) mass is 517 g/mol. The van der Waals surface area contributed by atoms with E-state index in [2.05, 4.69) is 31.4 Å². The van der Waals surface area contributed by atoms with Gasteiger partial charge >= 0.3 is 6.18 Å². The standard InChI is InChI=1S/C20H20BrClF3N5O/c1-11-18(13(3)30(27-11)10-14-4-6-15(22)7-5-14)26-16(31)8-9-29-12(2)17(21)19(28-29)20(23,24)25/h4-7H,8-10H2,1-3H3,(H,26,31). The minimum Gasteiger partial charge on any atom is -0.323 e. The number of alkyl halides is 3. The van der Waals surface area contributed by atoms with E-state index in [1.807, 2.05) is 19.1 Å². The van der Waals surface area contributed by atoms with E-state index >= 15 is 0 Å². The molecule has 0 aliphatic heterocycles. The molecule has 0 saturated heterocycles. The Bertz CT molecular complexity index is 1110. The van der Waals surface area contributed by atoms with Crippen molar-refractivity contribution in [2.75, 3.05) is 5.32 Å². The first-order chi connectivity index (χ1) is 14.5. The summed E-state index contributed by atoms with van der Waals surface area (Å²) in [5, 5.41) is 11.5. The maximum absolute atomic E-state index is 13.0. The third-order valence-electron chi connectivity index (χ3n) is 4.84. The van der Waals surface area contributed by atoms with Gasteiger partial charge in [-0.05, 0) is 54.4 Å². The lowest BCUT2D eigenvalue weighted by Gasteiger charge is -2.08. The number of benzene rings is 1. The molecule has 1 N–H and O–H groups in total. The largest absolute Gasteiger partial charge is 0.436 e. The fourth-order valence-corrected chi connectivity index (χ4v) is 3.76. The van der Waals surface area contributed by atoms with E-state index in [-0.39, 0.29) is 23.3 Å². The first-order valence-electron chi connectivity index (χ1n) is 9.35. The van der Waals surface area contributed by atoms with Crippen LogP contribution in [-0.2, 0) is 24.1 Å². The van der Waals surface area contributed by atoms with Crippen molar-refractivity contribution >= 4 is 39.1 Å². The van der Waals surface area contributed by atoms with E-state index in [0.29, 0.717) is 28.6 Å². The molecule has 0 bridgehead atoms. The zero-order valence-electron chi connectivity index (χ0n) is 17.0. The van der Waals surface area contributed by atoms with Gasteiger partial charge in [0.05, 0.1) is 40.3 Å². The number of rotatable bonds is 6. The van der Waals surface area contributed by atoms with Crippen LogP contribution in [-0.4, -0.2) is 25.5 Å². The van der Waals surface area contributed by atoms with E-state index in [1.165, 1.54) is 11.6 Å². The minimum absolute atomic E-state index is 0.0172. The van der Waals surface area contributed by atoms with Crippen LogP contribution >= 0.6 is 27.5 Å². The number of hydrogen-bond donors (Lipinski definition) is 1. The Balaban J connectivity index is 1.67. The Morgan fingerprint density at radius 3 is 2.32 bits per heavy atom. The van der Waals surface area contributed by atoms with Gasteiger partial charge in [-0.15, -0.1) is 0 Å². The lowest BCUT2D eigenvalue weighted by Crippen LogP contribution is -2.17. The quantitative estimate of drug-likeness (QED) is 0.468. The topological polar surface area (TPSA) is 64.7 Å². The number of aryl methyl sites for hydroxylation is 2. The molecular weight excluding hydrogens is 499 g/mol. The summed E-state index contributed by atoms with van der Waals surface area (Å²) in [5.41, 5.74) is 2.33. The molecule has 0 saturated carbocycles. The molecule has 2 heterocycles. The molecule has 11 heteroatoms. The third kappa shape index (κ3) is 5.30. The maximum atomic E-state index is 13.0. The summed E-state index contributed by atoms with van der Waals surface area (Å²) in [6, 6.07) is 7.39. The second-order valence-electron chi connectivity index (χ2n) is 7.10. The molecule has 0 aliphatic carbocycles. The molecule has 0 aliphatic rings. The Morgan fingerprint density at radius 2 is 1.74 bits per heavy atom. The molecule has 0 fully saturated rings. The highest BCUT2D eigenvalue weighted by Gasteiger charge is 2.37. The van der Waals surface area contributed by atoms with E-state index < -0.39 is 11.9 Å². The molecule has 31 heavy (non-hydrogen) atoms. The van der Waals surface area contributed by atoms with Crippen LogP contribution in [0.4, 0.5) is 18.9 Å². The van der Waals surface area contributed by atoms with Crippen LogP contribution < -0.4 is 5.32 Å². The molecular formula is C20H20BrClF3N5O. The molecule has 2 aromatic heterocycles. The number of amides is 1. The van der Waals surface area contributed by atoms with E-state index in [1.54, 1.807) is 23.7 Å². The van der Waals surface area contributed by atoms with Crippen LogP contribution in [0.5, 0.6) is 0 Å². The summed E-state index contributed by atoms with van der Waals surface area (Å²) in [4.78, 5) is 12.5. The summed E-state index contributed by atoms with van der Waals surface area (Å²) in [5.74, 6) is -0.336. The Morgan fingerprint density at radius 1 is 1.10 bits per heavy atom. The van der Waals surface area contributed by atoms with Crippen molar-refractivity contribution in [1.29, 1.82) is 0 Å². The number of carbonyl (C=O) groups excluding carboxylic acids is 1. The zero-order valence-corrected chi connectivity index (χ0v) is 19.4. The van der Waals surface area contributed by atoms with Gasteiger partial charge < -0.3 is 5.32 Å². The van der Waals surface area contributed by atoms with Gasteiger partial charge in [-0.25, -0.2) is 0 Å². The molecule has 3 aromatic rings. The van der Waals surface area contributed by atoms with E-state index in [9.17, 15) is 18.0 Å². The van der Waals surface area contributed by atoms with Crippen LogP contribution in [0.15, 0.2) is 28.7 Å². The molecule has 6 nitrogen and oxygen atoms in total. The average molecular weight is 519 g/mol. The summed E-state index contributed by atoms with van der Waals surface area (Å²) in [6.45, 7) is 5.67. The first kappa shape index (κ1) is 23.3. The van der Waals surface area contributed by atoms with Gasteiger partial charge in [0.15, 0.2) is 5.69 Å². The lowest BCUT2D eigenvalue weighted by molar-refractivity contribution is -0.142. The van der Waals surface area contributed by atoms with Crippen molar-refractivity contribution in [1.82, 2.24) is 19.6 Å². The van der Waals surface area contributed by atoms with Gasteiger partial charge in [0.2, 0.25) is 5.91 Å². The normalized spacial score (nSPS) is 11.7. The van der Waals surface area contributed by atoms with Gasteiger partial charge in [-0.3, -0.25) is 14.2 Å². The van der Waals surface area contributed by atoms with Crippen molar-refractivity contribution in [2.24, 2.45) is 0 Å². The smallest absolute Gasteiger partial charge is 0.323 e. The van der Waals surface area contributed by atoms with Crippen molar-refractivity contribution in [3.8, 4) is 0 Å². The fraction of sp³-hybridized carbons (Fsp3) is 0.350. The highest BCUT2D eigenvalue weighted by molar-refractivity contribution is 9.10. The third-order valence-corrected chi connectivity index (χ3v) is 6.05. The van der Waals surface area contributed by atoms with Crippen LogP contribution in [0.25, 0.3) is 0 Å². The number of hydrogen-bond acceptors (Lipinski definition) is 3. The molecule has 166 valence electrons. The molecule has 0 radical (unpaired) electrons. The summed E-state index contributed by atoms with van der Waals surface area (Å²) in [7, 11) is 0. The molecule has 0 unspecified atom stereocenters.